The van der Waals surface area contributed by atoms with E-state index in [4.69, 9.17) is 16.3 Å². The molecule has 178 valence electrons. The Labute approximate surface area is 202 Å². The fraction of sp³-hybridized carbons (Fsp3) is 0.0833. The number of nitriles is 1. The van der Waals surface area contributed by atoms with Gasteiger partial charge in [0, 0.05) is 17.8 Å². The summed E-state index contributed by atoms with van der Waals surface area (Å²) < 4.78 is 44.2. The Kier molecular flexibility index (Phi) is 7.73. The summed E-state index contributed by atoms with van der Waals surface area (Å²) >= 11 is 6.22. The topological polar surface area (TPSA) is 105 Å². The number of halogens is 4. The molecule has 0 aliphatic carbocycles. The second kappa shape index (κ2) is 10.7. The van der Waals surface area contributed by atoms with Crippen molar-refractivity contribution in [2.24, 2.45) is 0 Å². The fourth-order valence-corrected chi connectivity index (χ4v) is 3.18. The van der Waals surface area contributed by atoms with Crippen molar-refractivity contribution in [1.29, 1.82) is 5.26 Å². The molecule has 0 spiro atoms. The van der Waals surface area contributed by atoms with E-state index in [0.29, 0.717) is 11.1 Å². The number of carbonyl (C=O) groups excluding carboxylic acids is 1. The molecule has 0 aliphatic heterocycles. The third-order valence-electron chi connectivity index (χ3n) is 4.60. The largest absolute Gasteiger partial charge is 0.487 e. The summed E-state index contributed by atoms with van der Waals surface area (Å²) in [4.78, 5) is 22.8. The van der Waals surface area contributed by atoms with Crippen LogP contribution in [0.1, 0.15) is 16.7 Å². The number of nitro benzene ring substituents is 1. The first kappa shape index (κ1) is 25.3. The van der Waals surface area contributed by atoms with Crippen LogP contribution in [0.5, 0.6) is 5.75 Å². The Hall–Kier alpha value is -4.36. The maximum Gasteiger partial charge on any atom is 0.416 e. The number of nitrogens with one attached hydrogen (secondary N) is 1. The lowest BCUT2D eigenvalue weighted by atomic mass is 10.1. The van der Waals surface area contributed by atoms with Crippen LogP contribution >= 0.6 is 11.6 Å². The number of rotatable bonds is 7. The van der Waals surface area contributed by atoms with E-state index in [1.807, 2.05) is 0 Å². The maximum atomic E-state index is 12.9. The van der Waals surface area contributed by atoms with Crippen LogP contribution in [0.25, 0.3) is 6.08 Å². The van der Waals surface area contributed by atoms with Crippen LogP contribution in [0, 0.1) is 21.4 Å². The standard InChI is InChI=1S/C24H15ClF3N3O4/c25-21-11-15(7-8-22(21)35-14-16-3-1-6-20(10-16)31(33)34)9-17(13-29)23(32)30-19-5-2-4-18(12-19)24(26,27)28/h1-12H,14H2,(H,30,32)/b17-9+. The number of alkyl halides is 3. The predicted octanol–water partition coefficient (Wildman–Crippen LogP) is 6.39. The minimum absolute atomic E-state index is 0.0133. The molecule has 0 atom stereocenters. The molecule has 0 aliphatic rings. The predicted molar refractivity (Wildman–Crippen MR) is 123 cm³/mol. The van der Waals surface area contributed by atoms with Crippen LogP contribution in [-0.2, 0) is 17.6 Å². The van der Waals surface area contributed by atoms with Crippen molar-refractivity contribution in [3.63, 3.8) is 0 Å². The van der Waals surface area contributed by atoms with Crippen molar-refractivity contribution in [1.82, 2.24) is 0 Å². The molecule has 0 bridgehead atoms. The summed E-state index contributed by atoms with van der Waals surface area (Å²) in [6, 6.07) is 16.1. The van der Waals surface area contributed by atoms with Crippen molar-refractivity contribution in [2.75, 3.05) is 5.32 Å². The number of nitrogens with zero attached hydrogens (tertiary/aromatic N) is 2. The van der Waals surface area contributed by atoms with Gasteiger partial charge >= 0.3 is 6.18 Å². The van der Waals surface area contributed by atoms with Crippen LogP contribution in [-0.4, -0.2) is 10.8 Å². The van der Waals surface area contributed by atoms with Crippen LogP contribution in [0.15, 0.2) is 72.3 Å². The third-order valence-corrected chi connectivity index (χ3v) is 4.89. The van der Waals surface area contributed by atoms with Crippen LogP contribution in [0.3, 0.4) is 0 Å². The van der Waals surface area contributed by atoms with E-state index in [2.05, 4.69) is 5.32 Å². The van der Waals surface area contributed by atoms with Crippen LogP contribution in [0.2, 0.25) is 5.02 Å². The summed E-state index contributed by atoms with van der Waals surface area (Å²) in [5.74, 6) is -0.629. The number of amides is 1. The molecule has 0 radical (unpaired) electrons. The summed E-state index contributed by atoms with van der Waals surface area (Å²) in [5.41, 5.74) is -0.571. The van der Waals surface area contributed by atoms with E-state index in [-0.39, 0.29) is 34.3 Å². The van der Waals surface area contributed by atoms with Crippen molar-refractivity contribution >= 4 is 35.0 Å². The number of hydrogen-bond donors (Lipinski definition) is 1. The smallest absolute Gasteiger partial charge is 0.416 e. The van der Waals surface area contributed by atoms with Gasteiger partial charge in [-0.1, -0.05) is 35.9 Å². The number of anilines is 1. The fourth-order valence-electron chi connectivity index (χ4n) is 2.93. The van der Waals surface area contributed by atoms with Gasteiger partial charge in [-0.25, -0.2) is 0 Å². The zero-order valence-corrected chi connectivity index (χ0v) is 18.4. The number of ether oxygens (including phenoxy) is 1. The van der Waals surface area contributed by atoms with E-state index >= 15 is 0 Å². The molecule has 0 unspecified atom stereocenters. The summed E-state index contributed by atoms with van der Waals surface area (Å²) in [6.07, 6.45) is -3.36. The monoisotopic (exact) mass is 501 g/mol. The molecule has 11 heteroatoms. The molecule has 1 amide bonds. The molecule has 7 nitrogen and oxygen atoms in total. The number of hydrogen-bond acceptors (Lipinski definition) is 5. The van der Waals surface area contributed by atoms with Gasteiger partial charge in [0.1, 0.15) is 24.0 Å². The summed E-state index contributed by atoms with van der Waals surface area (Å²) in [5, 5.41) is 22.6. The van der Waals surface area contributed by atoms with Crippen molar-refractivity contribution in [3.8, 4) is 11.8 Å². The SMILES string of the molecule is N#C/C(=C\c1ccc(OCc2cccc([N+](=O)[O-])c2)c(Cl)c1)C(=O)Nc1cccc(C(F)(F)F)c1. The van der Waals surface area contributed by atoms with Gasteiger partial charge < -0.3 is 10.1 Å². The summed E-state index contributed by atoms with van der Waals surface area (Å²) in [7, 11) is 0. The molecule has 3 aromatic carbocycles. The molecule has 3 rings (SSSR count). The Morgan fingerprint density at radius 2 is 1.89 bits per heavy atom. The molecule has 3 aromatic rings. The highest BCUT2D eigenvalue weighted by Crippen LogP contribution is 2.31. The lowest BCUT2D eigenvalue weighted by molar-refractivity contribution is -0.384. The molecule has 1 N–H and O–H groups in total. The first-order valence-electron chi connectivity index (χ1n) is 9.83. The number of nitro groups is 1. The Morgan fingerprint density at radius 3 is 2.54 bits per heavy atom. The van der Waals surface area contributed by atoms with Crippen LogP contribution in [0.4, 0.5) is 24.5 Å². The molecular weight excluding hydrogens is 487 g/mol. The Morgan fingerprint density at radius 1 is 1.14 bits per heavy atom. The first-order valence-corrected chi connectivity index (χ1v) is 10.2. The van der Waals surface area contributed by atoms with Gasteiger partial charge in [0.05, 0.1) is 15.5 Å². The second-order valence-corrected chi connectivity index (χ2v) is 7.52. The highest BCUT2D eigenvalue weighted by molar-refractivity contribution is 6.32. The lowest BCUT2D eigenvalue weighted by Crippen LogP contribution is -2.14. The minimum Gasteiger partial charge on any atom is -0.487 e. The number of carbonyl (C=O) groups is 1. The van der Waals surface area contributed by atoms with Crippen LogP contribution < -0.4 is 10.1 Å². The average Bonchev–Trinajstić information content (AvgIpc) is 2.81. The molecular formula is C24H15ClF3N3O4. The third kappa shape index (κ3) is 6.82. The lowest BCUT2D eigenvalue weighted by Gasteiger charge is -2.10. The molecule has 0 aromatic heterocycles. The number of benzene rings is 3. The van der Waals surface area contributed by atoms with E-state index in [1.165, 1.54) is 48.5 Å². The second-order valence-electron chi connectivity index (χ2n) is 7.11. The zero-order valence-electron chi connectivity index (χ0n) is 17.7. The highest BCUT2D eigenvalue weighted by atomic mass is 35.5. The van der Waals surface area contributed by atoms with Gasteiger partial charge in [0.15, 0.2) is 0 Å². The maximum absolute atomic E-state index is 12.9. The average molecular weight is 502 g/mol. The molecule has 0 heterocycles. The van der Waals surface area contributed by atoms with Gasteiger partial charge in [-0.15, -0.1) is 0 Å². The summed E-state index contributed by atoms with van der Waals surface area (Å²) in [6.45, 7) is 0.0133. The molecule has 0 fully saturated rings. The molecule has 35 heavy (non-hydrogen) atoms. The van der Waals surface area contributed by atoms with Gasteiger partial charge in [-0.3, -0.25) is 14.9 Å². The van der Waals surface area contributed by atoms with Gasteiger partial charge in [0.2, 0.25) is 0 Å². The van der Waals surface area contributed by atoms with E-state index in [0.717, 1.165) is 18.2 Å². The van der Waals surface area contributed by atoms with Gasteiger partial charge in [-0.2, -0.15) is 18.4 Å². The van der Waals surface area contributed by atoms with Crippen molar-refractivity contribution < 1.29 is 27.6 Å². The molecule has 0 saturated heterocycles. The first-order chi connectivity index (χ1) is 16.6. The Bertz CT molecular complexity index is 1350. The van der Waals surface area contributed by atoms with E-state index in [9.17, 15) is 33.3 Å². The number of non-ortho nitro benzene ring substituents is 1. The van der Waals surface area contributed by atoms with E-state index < -0.39 is 22.6 Å². The van der Waals surface area contributed by atoms with E-state index in [1.54, 1.807) is 12.1 Å². The quantitative estimate of drug-likeness (QED) is 0.175. The highest BCUT2D eigenvalue weighted by Gasteiger charge is 2.30. The van der Waals surface area contributed by atoms with Gasteiger partial charge in [0.25, 0.3) is 11.6 Å². The van der Waals surface area contributed by atoms with Crippen molar-refractivity contribution in [2.45, 2.75) is 12.8 Å². The van der Waals surface area contributed by atoms with Gasteiger partial charge in [-0.05, 0) is 47.5 Å². The Balaban J connectivity index is 1.72. The van der Waals surface area contributed by atoms with Crippen molar-refractivity contribution in [3.05, 3.63) is 104 Å². The molecule has 0 saturated carbocycles. The minimum atomic E-state index is -4.58. The normalized spacial score (nSPS) is 11.5. The zero-order chi connectivity index (χ0) is 25.6.